The molecular formula is C13H23N. The molecule has 0 aliphatic carbocycles. The normalized spacial score (nSPS) is 9.00. The number of rotatable bonds is 2. The number of hydrogen-bond donors (Lipinski definition) is 0. The van der Waals surface area contributed by atoms with Crippen LogP contribution in [0.5, 0.6) is 0 Å². The van der Waals surface area contributed by atoms with Gasteiger partial charge in [-0.25, -0.2) is 0 Å². The van der Waals surface area contributed by atoms with Gasteiger partial charge in [-0.2, -0.15) is 0 Å². The molecule has 0 amide bonds. The van der Waals surface area contributed by atoms with Crippen molar-refractivity contribution in [3.63, 3.8) is 0 Å². The molecular weight excluding hydrogens is 170 g/mol. The summed E-state index contributed by atoms with van der Waals surface area (Å²) in [5.74, 6) is 0. The van der Waals surface area contributed by atoms with Crippen molar-refractivity contribution in [3.8, 4) is 0 Å². The number of aryl methyl sites for hydroxylation is 2. The van der Waals surface area contributed by atoms with Gasteiger partial charge in [0.25, 0.3) is 0 Å². The summed E-state index contributed by atoms with van der Waals surface area (Å²) in [6, 6.07) is 6.48. The van der Waals surface area contributed by atoms with Crippen LogP contribution in [0.25, 0.3) is 0 Å². The molecule has 0 heterocycles. The molecule has 0 aliphatic rings. The fraction of sp³-hybridized carbons (Fsp3) is 0.538. The first-order valence-electron chi connectivity index (χ1n) is 5.42. The lowest BCUT2D eigenvalue weighted by Crippen LogP contribution is -2.12. The van der Waals surface area contributed by atoms with E-state index in [2.05, 4.69) is 51.0 Å². The molecule has 0 N–H and O–H groups in total. The van der Waals surface area contributed by atoms with Crippen molar-refractivity contribution in [3.05, 3.63) is 29.3 Å². The third-order valence-corrected chi connectivity index (χ3v) is 2.15. The van der Waals surface area contributed by atoms with Crippen molar-refractivity contribution in [2.75, 3.05) is 19.0 Å². The Morgan fingerprint density at radius 2 is 1.71 bits per heavy atom. The van der Waals surface area contributed by atoms with Gasteiger partial charge in [-0.3, -0.25) is 0 Å². The van der Waals surface area contributed by atoms with Crippen molar-refractivity contribution < 1.29 is 0 Å². The fourth-order valence-electron chi connectivity index (χ4n) is 1.64. The van der Waals surface area contributed by atoms with Gasteiger partial charge in [-0.05, 0) is 24.5 Å². The van der Waals surface area contributed by atoms with E-state index < -0.39 is 0 Å². The second kappa shape index (κ2) is 6.47. The van der Waals surface area contributed by atoms with Gasteiger partial charge in [0, 0.05) is 19.8 Å². The lowest BCUT2D eigenvalue weighted by Gasteiger charge is -2.19. The highest BCUT2D eigenvalue weighted by Crippen LogP contribution is 2.23. The fourth-order valence-corrected chi connectivity index (χ4v) is 1.64. The second-order valence-corrected chi connectivity index (χ2v) is 3.33. The van der Waals surface area contributed by atoms with Gasteiger partial charge >= 0.3 is 0 Å². The zero-order valence-corrected chi connectivity index (χ0v) is 10.4. The van der Waals surface area contributed by atoms with Crippen LogP contribution < -0.4 is 4.90 Å². The van der Waals surface area contributed by atoms with E-state index in [0.717, 1.165) is 6.42 Å². The van der Waals surface area contributed by atoms with Crippen LogP contribution in [0.15, 0.2) is 18.2 Å². The maximum absolute atomic E-state index is 2.20. The highest BCUT2D eigenvalue weighted by atomic mass is 15.1. The van der Waals surface area contributed by atoms with Gasteiger partial charge in [0.1, 0.15) is 0 Å². The minimum Gasteiger partial charge on any atom is -0.377 e. The molecule has 0 unspecified atom stereocenters. The van der Waals surface area contributed by atoms with Crippen molar-refractivity contribution >= 4 is 5.69 Å². The lowest BCUT2D eigenvalue weighted by atomic mass is 10.1. The molecule has 0 saturated carbocycles. The smallest absolute Gasteiger partial charge is 0.0423 e. The van der Waals surface area contributed by atoms with Crippen LogP contribution in [0, 0.1) is 6.92 Å². The van der Waals surface area contributed by atoms with Crippen LogP contribution in [0.1, 0.15) is 31.9 Å². The summed E-state index contributed by atoms with van der Waals surface area (Å²) in [4.78, 5) is 2.19. The van der Waals surface area contributed by atoms with E-state index in [4.69, 9.17) is 0 Å². The molecule has 1 rings (SSSR count). The van der Waals surface area contributed by atoms with Gasteiger partial charge in [0.2, 0.25) is 0 Å². The van der Waals surface area contributed by atoms with E-state index in [0.29, 0.717) is 0 Å². The van der Waals surface area contributed by atoms with E-state index in [1.54, 1.807) is 0 Å². The molecule has 14 heavy (non-hydrogen) atoms. The highest BCUT2D eigenvalue weighted by Gasteiger charge is 2.04. The van der Waals surface area contributed by atoms with E-state index in [-0.39, 0.29) is 0 Å². The van der Waals surface area contributed by atoms with Gasteiger partial charge in [-0.1, -0.05) is 39.0 Å². The van der Waals surface area contributed by atoms with Crippen molar-refractivity contribution in [2.24, 2.45) is 0 Å². The quantitative estimate of drug-likeness (QED) is 0.693. The first-order valence-corrected chi connectivity index (χ1v) is 5.42. The molecule has 0 fully saturated rings. The van der Waals surface area contributed by atoms with Crippen LogP contribution in [-0.4, -0.2) is 14.1 Å². The van der Waals surface area contributed by atoms with Gasteiger partial charge in [0.15, 0.2) is 0 Å². The summed E-state index contributed by atoms with van der Waals surface area (Å²) >= 11 is 0. The minimum atomic E-state index is 1.11. The molecule has 0 atom stereocenters. The molecule has 0 spiro atoms. The maximum Gasteiger partial charge on any atom is 0.0423 e. The summed E-state index contributed by atoms with van der Waals surface area (Å²) in [6.07, 6.45) is 1.11. The van der Waals surface area contributed by atoms with Crippen LogP contribution in [-0.2, 0) is 6.42 Å². The largest absolute Gasteiger partial charge is 0.377 e. The van der Waals surface area contributed by atoms with Crippen molar-refractivity contribution in [2.45, 2.75) is 34.1 Å². The first kappa shape index (κ1) is 13.0. The highest BCUT2D eigenvalue weighted by molar-refractivity contribution is 5.58. The Morgan fingerprint density at radius 3 is 2.07 bits per heavy atom. The molecule has 1 aromatic carbocycles. The van der Waals surface area contributed by atoms with E-state index in [9.17, 15) is 0 Å². The first-order chi connectivity index (χ1) is 6.66. The SMILES string of the molecule is CC.CCc1cccc(C)c1N(C)C. The third-order valence-electron chi connectivity index (χ3n) is 2.15. The summed E-state index contributed by atoms with van der Waals surface area (Å²) < 4.78 is 0. The van der Waals surface area contributed by atoms with Crippen molar-refractivity contribution in [1.82, 2.24) is 0 Å². The third kappa shape index (κ3) is 3.06. The number of para-hydroxylation sites is 1. The lowest BCUT2D eigenvalue weighted by molar-refractivity contribution is 1.05. The standard InChI is InChI=1S/C11H17N.C2H6/c1-5-10-8-6-7-9(2)11(10)12(3)4;1-2/h6-8H,5H2,1-4H3;1-2H3. The van der Waals surface area contributed by atoms with Crippen molar-refractivity contribution in [1.29, 1.82) is 0 Å². The van der Waals surface area contributed by atoms with E-state index in [1.165, 1.54) is 16.8 Å². The second-order valence-electron chi connectivity index (χ2n) is 3.33. The molecule has 0 aromatic heterocycles. The molecule has 1 nitrogen and oxygen atoms in total. The average Bonchev–Trinajstić information content (AvgIpc) is 2.19. The van der Waals surface area contributed by atoms with E-state index >= 15 is 0 Å². The molecule has 80 valence electrons. The van der Waals surface area contributed by atoms with Crippen LogP contribution in [0.3, 0.4) is 0 Å². The Morgan fingerprint density at radius 1 is 1.14 bits per heavy atom. The predicted molar refractivity (Wildman–Crippen MR) is 66.2 cm³/mol. The summed E-state index contributed by atoms with van der Waals surface area (Å²) in [6.45, 7) is 8.36. The van der Waals surface area contributed by atoms with Crippen LogP contribution in [0.2, 0.25) is 0 Å². The molecule has 0 saturated heterocycles. The van der Waals surface area contributed by atoms with Crippen LogP contribution in [0.4, 0.5) is 5.69 Å². The average molecular weight is 193 g/mol. The Balaban J connectivity index is 0.000000791. The zero-order chi connectivity index (χ0) is 11.1. The maximum atomic E-state index is 2.20. The van der Waals surface area contributed by atoms with Gasteiger partial charge < -0.3 is 4.90 Å². The zero-order valence-electron chi connectivity index (χ0n) is 10.4. The monoisotopic (exact) mass is 193 g/mol. The Kier molecular flexibility index (Phi) is 6.02. The number of nitrogens with zero attached hydrogens (tertiary/aromatic N) is 1. The molecule has 0 bridgehead atoms. The predicted octanol–water partition coefficient (Wildman–Crippen LogP) is 3.65. The number of benzene rings is 1. The Bertz CT molecular complexity index is 264. The summed E-state index contributed by atoms with van der Waals surface area (Å²) in [7, 11) is 4.20. The summed E-state index contributed by atoms with van der Waals surface area (Å²) in [5, 5.41) is 0. The number of hydrogen-bond acceptors (Lipinski definition) is 1. The summed E-state index contributed by atoms with van der Waals surface area (Å²) in [5.41, 5.74) is 4.17. The van der Waals surface area contributed by atoms with Gasteiger partial charge in [0.05, 0.1) is 0 Å². The van der Waals surface area contributed by atoms with Crippen LogP contribution >= 0.6 is 0 Å². The Labute approximate surface area is 88.8 Å². The Hall–Kier alpha value is -0.980. The molecule has 0 aliphatic heterocycles. The van der Waals surface area contributed by atoms with Gasteiger partial charge in [-0.15, -0.1) is 0 Å². The minimum absolute atomic E-state index is 1.11. The molecule has 1 aromatic rings. The van der Waals surface area contributed by atoms with E-state index in [1.807, 2.05) is 13.8 Å². The number of anilines is 1. The topological polar surface area (TPSA) is 3.24 Å². The molecule has 0 radical (unpaired) electrons. The molecule has 1 heteroatoms.